The lowest BCUT2D eigenvalue weighted by atomic mass is 10.1. The lowest BCUT2D eigenvalue weighted by Crippen LogP contribution is -2.31. The Labute approximate surface area is 128 Å². The predicted molar refractivity (Wildman–Crippen MR) is 86.6 cm³/mol. The molecule has 1 saturated heterocycles. The molecule has 1 N–H and O–H groups in total. The number of aliphatic hydroxyl groups is 1. The van der Waals surface area contributed by atoms with Crippen molar-refractivity contribution in [2.24, 2.45) is 5.92 Å². The molecule has 1 aromatic rings. The Morgan fingerprint density at radius 3 is 2.38 bits per heavy atom. The summed E-state index contributed by atoms with van der Waals surface area (Å²) in [5.41, 5.74) is 0.990. The number of benzene rings is 1. The van der Waals surface area contributed by atoms with Crippen molar-refractivity contribution in [1.29, 1.82) is 0 Å². The van der Waals surface area contributed by atoms with Crippen molar-refractivity contribution in [3.63, 3.8) is 0 Å². The number of rotatable bonds is 7. The molecule has 0 aromatic heterocycles. The molecule has 2 rings (SSSR count). The van der Waals surface area contributed by atoms with Gasteiger partial charge < -0.3 is 14.7 Å². The minimum atomic E-state index is -0.369. The van der Waals surface area contributed by atoms with E-state index < -0.39 is 0 Å². The summed E-state index contributed by atoms with van der Waals surface area (Å²) in [6, 6.07) is 7.89. The smallest absolute Gasteiger partial charge is 0.119 e. The average molecular weight is 291 g/mol. The van der Waals surface area contributed by atoms with Gasteiger partial charge >= 0.3 is 0 Å². The Hall–Kier alpha value is -1.06. The topological polar surface area (TPSA) is 32.7 Å². The Balaban J connectivity index is 1.77. The maximum Gasteiger partial charge on any atom is 0.119 e. The van der Waals surface area contributed by atoms with Crippen molar-refractivity contribution >= 4 is 0 Å². The van der Waals surface area contributed by atoms with E-state index in [0.29, 0.717) is 5.92 Å². The van der Waals surface area contributed by atoms with Crippen LogP contribution in [0.2, 0.25) is 0 Å². The first-order chi connectivity index (χ1) is 10.1. The molecule has 0 saturated carbocycles. The second kappa shape index (κ2) is 8.40. The van der Waals surface area contributed by atoms with Crippen LogP contribution in [0.5, 0.6) is 5.75 Å². The molecule has 1 aliphatic rings. The fourth-order valence-electron chi connectivity index (χ4n) is 2.70. The van der Waals surface area contributed by atoms with Gasteiger partial charge in [0, 0.05) is 6.54 Å². The normalized spacial score (nSPS) is 17.9. The molecule has 1 unspecified atom stereocenters. The third-order valence-electron chi connectivity index (χ3n) is 4.02. The number of piperidine rings is 1. The predicted octanol–water partition coefficient (Wildman–Crippen LogP) is 3.63. The fraction of sp³-hybridized carbons (Fsp3) is 0.667. The van der Waals surface area contributed by atoms with Gasteiger partial charge in [0.15, 0.2) is 0 Å². The standard InChI is InChI=1S/C18H29NO2/c1-15(2)14-21-17-8-6-16(7-9-17)18(20)10-13-19-11-4-3-5-12-19/h6-9,15,18,20H,3-5,10-14H2,1-2H3. The number of nitrogens with zero attached hydrogens (tertiary/aromatic N) is 1. The summed E-state index contributed by atoms with van der Waals surface area (Å²) < 4.78 is 5.67. The average Bonchev–Trinajstić information content (AvgIpc) is 2.52. The molecule has 1 heterocycles. The van der Waals surface area contributed by atoms with Crippen LogP contribution in [0.25, 0.3) is 0 Å². The van der Waals surface area contributed by atoms with Crippen molar-refractivity contribution in [3.05, 3.63) is 29.8 Å². The summed E-state index contributed by atoms with van der Waals surface area (Å²) in [5.74, 6) is 1.41. The third-order valence-corrected chi connectivity index (χ3v) is 4.02. The molecule has 0 radical (unpaired) electrons. The highest BCUT2D eigenvalue weighted by Gasteiger charge is 2.13. The van der Waals surface area contributed by atoms with Gasteiger partial charge in [0.2, 0.25) is 0 Å². The fourth-order valence-corrected chi connectivity index (χ4v) is 2.70. The molecule has 21 heavy (non-hydrogen) atoms. The summed E-state index contributed by atoms with van der Waals surface area (Å²) in [6.45, 7) is 8.38. The van der Waals surface area contributed by atoms with Crippen LogP contribution in [0.3, 0.4) is 0 Å². The number of hydrogen-bond donors (Lipinski definition) is 1. The lowest BCUT2D eigenvalue weighted by Gasteiger charge is -2.27. The number of aliphatic hydroxyl groups excluding tert-OH is 1. The van der Waals surface area contributed by atoms with Gasteiger partial charge in [-0.15, -0.1) is 0 Å². The van der Waals surface area contributed by atoms with E-state index >= 15 is 0 Å². The van der Waals surface area contributed by atoms with Crippen molar-refractivity contribution < 1.29 is 9.84 Å². The first-order valence-electron chi connectivity index (χ1n) is 8.28. The minimum Gasteiger partial charge on any atom is -0.493 e. The molecule has 0 bridgehead atoms. The molecular formula is C18H29NO2. The van der Waals surface area contributed by atoms with Gasteiger partial charge in [-0.3, -0.25) is 0 Å². The van der Waals surface area contributed by atoms with Gasteiger partial charge in [0.1, 0.15) is 5.75 Å². The molecule has 1 aromatic carbocycles. The van der Waals surface area contributed by atoms with Crippen LogP contribution < -0.4 is 4.74 Å². The molecule has 3 nitrogen and oxygen atoms in total. The van der Waals surface area contributed by atoms with Crippen molar-refractivity contribution in [3.8, 4) is 5.75 Å². The maximum absolute atomic E-state index is 10.3. The van der Waals surface area contributed by atoms with Crippen molar-refractivity contribution in [2.75, 3.05) is 26.2 Å². The van der Waals surface area contributed by atoms with Crippen LogP contribution in [0.4, 0.5) is 0 Å². The lowest BCUT2D eigenvalue weighted by molar-refractivity contribution is 0.134. The Kier molecular flexibility index (Phi) is 6.52. The van der Waals surface area contributed by atoms with Crippen molar-refractivity contribution in [1.82, 2.24) is 4.90 Å². The first-order valence-corrected chi connectivity index (χ1v) is 8.28. The van der Waals surface area contributed by atoms with Gasteiger partial charge in [-0.2, -0.15) is 0 Å². The quantitative estimate of drug-likeness (QED) is 0.832. The summed E-state index contributed by atoms with van der Waals surface area (Å²) in [4.78, 5) is 2.47. The van der Waals surface area contributed by atoms with E-state index in [1.807, 2.05) is 24.3 Å². The van der Waals surface area contributed by atoms with Gasteiger partial charge in [0.05, 0.1) is 12.7 Å². The van der Waals surface area contributed by atoms with E-state index in [2.05, 4.69) is 18.7 Å². The molecular weight excluding hydrogens is 262 g/mol. The van der Waals surface area contributed by atoms with Crippen molar-refractivity contribution in [2.45, 2.75) is 45.6 Å². The molecule has 0 amide bonds. The highest BCUT2D eigenvalue weighted by molar-refractivity contribution is 5.28. The molecule has 1 atom stereocenters. The summed E-state index contributed by atoms with van der Waals surface area (Å²) in [6.07, 6.45) is 4.41. The van der Waals surface area contributed by atoms with Crippen LogP contribution in [0.15, 0.2) is 24.3 Å². The van der Waals surface area contributed by atoms with Crippen LogP contribution in [0.1, 0.15) is 51.2 Å². The van der Waals surface area contributed by atoms with Crippen LogP contribution in [-0.4, -0.2) is 36.2 Å². The van der Waals surface area contributed by atoms with E-state index in [4.69, 9.17) is 4.74 Å². The molecule has 3 heteroatoms. The van der Waals surface area contributed by atoms with Crippen LogP contribution in [-0.2, 0) is 0 Å². The van der Waals surface area contributed by atoms with E-state index in [0.717, 1.165) is 30.9 Å². The Morgan fingerprint density at radius 2 is 1.76 bits per heavy atom. The van der Waals surface area contributed by atoms with Gasteiger partial charge in [0.25, 0.3) is 0 Å². The second-order valence-electron chi connectivity index (χ2n) is 6.48. The molecule has 118 valence electrons. The van der Waals surface area contributed by atoms with E-state index in [9.17, 15) is 5.11 Å². The van der Waals surface area contributed by atoms with E-state index in [1.165, 1.54) is 32.4 Å². The SMILES string of the molecule is CC(C)COc1ccc(C(O)CCN2CCCCC2)cc1. The highest BCUT2D eigenvalue weighted by Crippen LogP contribution is 2.21. The first kappa shape index (κ1) is 16.3. The highest BCUT2D eigenvalue weighted by atomic mass is 16.5. The summed E-state index contributed by atoms with van der Waals surface area (Å²) in [5, 5.41) is 10.3. The molecule has 0 aliphatic carbocycles. The summed E-state index contributed by atoms with van der Waals surface area (Å²) >= 11 is 0. The number of hydrogen-bond acceptors (Lipinski definition) is 3. The van der Waals surface area contributed by atoms with Gasteiger partial charge in [-0.1, -0.05) is 32.4 Å². The Morgan fingerprint density at radius 1 is 1.10 bits per heavy atom. The molecule has 0 spiro atoms. The minimum absolute atomic E-state index is 0.369. The third kappa shape index (κ3) is 5.68. The second-order valence-corrected chi connectivity index (χ2v) is 6.48. The maximum atomic E-state index is 10.3. The monoisotopic (exact) mass is 291 g/mol. The van der Waals surface area contributed by atoms with Gasteiger partial charge in [-0.05, 0) is 56.0 Å². The largest absolute Gasteiger partial charge is 0.493 e. The van der Waals surface area contributed by atoms with Crippen LogP contribution >= 0.6 is 0 Å². The van der Waals surface area contributed by atoms with Gasteiger partial charge in [-0.25, -0.2) is 0 Å². The van der Waals surface area contributed by atoms with E-state index in [1.54, 1.807) is 0 Å². The molecule has 1 fully saturated rings. The zero-order valence-corrected chi connectivity index (χ0v) is 13.4. The number of likely N-dealkylation sites (tertiary alicyclic amines) is 1. The zero-order valence-electron chi connectivity index (χ0n) is 13.4. The zero-order chi connectivity index (χ0) is 15.1. The molecule has 1 aliphatic heterocycles. The van der Waals surface area contributed by atoms with E-state index in [-0.39, 0.29) is 6.10 Å². The number of ether oxygens (including phenoxy) is 1. The Bertz CT molecular complexity index is 396. The van der Waals surface area contributed by atoms with Crippen LogP contribution in [0, 0.1) is 5.92 Å². The summed E-state index contributed by atoms with van der Waals surface area (Å²) in [7, 11) is 0.